The summed E-state index contributed by atoms with van der Waals surface area (Å²) in [7, 11) is 0. The lowest BCUT2D eigenvalue weighted by Gasteiger charge is -2.31. The Morgan fingerprint density at radius 1 is 0.583 bits per heavy atom. The zero-order valence-electron chi connectivity index (χ0n) is 33.1. The molecule has 1 aromatic heterocycles. The number of nitrogens with one attached hydrogen (secondary N) is 1. The number of dihydropyridines is 1. The van der Waals surface area contributed by atoms with Crippen LogP contribution < -0.4 is 5.32 Å². The Balaban J connectivity index is 1.16. The van der Waals surface area contributed by atoms with Gasteiger partial charge in [-0.1, -0.05) is 141 Å². The second-order valence-corrected chi connectivity index (χ2v) is 16.0. The molecule has 0 radical (unpaired) electrons. The Kier molecular flexibility index (Phi) is 8.22. The third-order valence-electron chi connectivity index (χ3n) is 12.8. The highest BCUT2D eigenvalue weighted by Crippen LogP contribution is 2.65. The van der Waals surface area contributed by atoms with Crippen LogP contribution in [0, 0.1) is 22.7 Å². The highest BCUT2D eigenvalue weighted by molar-refractivity contribution is 6.13. The van der Waals surface area contributed by atoms with Gasteiger partial charge in [-0.3, -0.25) is 4.98 Å². The van der Waals surface area contributed by atoms with Gasteiger partial charge in [-0.2, -0.15) is 10.5 Å². The molecule has 11 rings (SSSR count). The number of pyridine rings is 1. The molecular formula is C56H38N4. The van der Waals surface area contributed by atoms with Crippen molar-refractivity contribution in [2.24, 2.45) is 0 Å². The molecule has 1 spiro atoms. The zero-order chi connectivity index (χ0) is 40.4. The van der Waals surface area contributed by atoms with E-state index in [1.165, 1.54) is 72.0 Å². The van der Waals surface area contributed by atoms with Crippen molar-refractivity contribution in [3.05, 3.63) is 215 Å². The molecule has 4 heteroatoms. The lowest BCUT2D eigenvalue weighted by atomic mass is 9.69. The van der Waals surface area contributed by atoms with Crippen molar-refractivity contribution in [2.75, 3.05) is 6.54 Å². The molecule has 7 aromatic carbocycles. The number of aromatic nitrogens is 1. The van der Waals surface area contributed by atoms with E-state index in [1.54, 1.807) is 6.20 Å². The van der Waals surface area contributed by atoms with Crippen molar-refractivity contribution in [1.29, 1.82) is 10.5 Å². The van der Waals surface area contributed by atoms with E-state index in [9.17, 15) is 10.5 Å². The van der Waals surface area contributed by atoms with E-state index in [2.05, 4.69) is 169 Å². The maximum atomic E-state index is 9.55. The largest absolute Gasteiger partial charge is 0.386 e. The number of nitriles is 2. The van der Waals surface area contributed by atoms with Crippen LogP contribution in [0.25, 0.3) is 72.0 Å². The topological polar surface area (TPSA) is 72.5 Å². The third kappa shape index (κ3) is 5.25. The van der Waals surface area contributed by atoms with Crippen molar-refractivity contribution in [3.8, 4) is 67.8 Å². The Hall–Kier alpha value is -7.79. The zero-order valence-corrected chi connectivity index (χ0v) is 33.1. The molecule has 3 aliphatic rings. The summed E-state index contributed by atoms with van der Waals surface area (Å²) in [4.78, 5) is 4.33. The van der Waals surface area contributed by atoms with Gasteiger partial charge in [0, 0.05) is 36.3 Å². The first-order valence-corrected chi connectivity index (χ1v) is 20.6. The minimum absolute atomic E-state index is 0.545. The van der Waals surface area contributed by atoms with E-state index >= 15 is 0 Å². The molecule has 0 saturated heterocycles. The smallest absolute Gasteiger partial charge is 0.101 e. The Bertz CT molecular complexity index is 3180. The third-order valence-corrected chi connectivity index (χ3v) is 12.8. The number of benzene rings is 7. The minimum atomic E-state index is -0.545. The van der Waals surface area contributed by atoms with Crippen LogP contribution in [0.2, 0.25) is 0 Å². The van der Waals surface area contributed by atoms with Crippen LogP contribution in [-0.4, -0.2) is 11.5 Å². The molecule has 8 aromatic rings. The molecule has 0 saturated carbocycles. The Morgan fingerprint density at radius 2 is 1.27 bits per heavy atom. The molecule has 0 unspecified atom stereocenters. The summed E-state index contributed by atoms with van der Waals surface area (Å²) in [5.74, 6) is 0. The second-order valence-electron chi connectivity index (χ2n) is 16.0. The van der Waals surface area contributed by atoms with E-state index in [1.807, 2.05) is 24.5 Å². The second kappa shape index (κ2) is 13.9. The molecule has 60 heavy (non-hydrogen) atoms. The lowest BCUT2D eigenvalue weighted by Crippen LogP contribution is -2.26. The fraction of sp³-hybridized carbons (Fsp3) is 0.0893. The number of allylic oxidation sites excluding steroid dienone is 2. The summed E-state index contributed by atoms with van der Waals surface area (Å²) < 4.78 is 0. The van der Waals surface area contributed by atoms with Gasteiger partial charge < -0.3 is 5.32 Å². The summed E-state index contributed by atoms with van der Waals surface area (Å²) in [5, 5.41) is 24.9. The summed E-state index contributed by atoms with van der Waals surface area (Å²) in [6.07, 6.45) is 9.42. The Morgan fingerprint density at radius 3 is 1.98 bits per heavy atom. The Labute approximate surface area is 350 Å². The first-order valence-electron chi connectivity index (χ1n) is 20.6. The summed E-state index contributed by atoms with van der Waals surface area (Å²) in [5.41, 5.74) is 21.2. The highest BCUT2D eigenvalue weighted by atomic mass is 14.8. The number of aryl methyl sites for hydroxylation is 1. The van der Waals surface area contributed by atoms with Gasteiger partial charge in [-0.25, -0.2) is 0 Å². The molecular weight excluding hydrogens is 729 g/mol. The van der Waals surface area contributed by atoms with E-state index in [4.69, 9.17) is 0 Å². The van der Waals surface area contributed by atoms with E-state index in [-0.39, 0.29) is 0 Å². The number of nitrogens with zero attached hydrogens (tertiary/aromatic N) is 3. The first-order chi connectivity index (χ1) is 29.6. The van der Waals surface area contributed by atoms with Crippen LogP contribution >= 0.6 is 0 Å². The van der Waals surface area contributed by atoms with E-state index < -0.39 is 5.41 Å². The van der Waals surface area contributed by atoms with Gasteiger partial charge in [0.15, 0.2) is 0 Å². The number of hydrogen-bond acceptors (Lipinski definition) is 4. The SMILES string of the molecule is CCCc1cccc2c(-c3ccc(-c4cncc(C#N)c4)cc3)cc3c(c12)-c1ccc(-c2ccc(C4=CNCC(C#N)=C4)cc2)cc1C31c2ccccc2-c2ccccc21. The van der Waals surface area contributed by atoms with Gasteiger partial charge in [0.1, 0.15) is 6.07 Å². The van der Waals surface area contributed by atoms with Gasteiger partial charge in [0.2, 0.25) is 0 Å². The average molecular weight is 767 g/mol. The van der Waals surface area contributed by atoms with Crippen LogP contribution in [0.4, 0.5) is 0 Å². The summed E-state index contributed by atoms with van der Waals surface area (Å²) >= 11 is 0. The van der Waals surface area contributed by atoms with Gasteiger partial charge in [-0.05, 0) is 130 Å². The molecule has 0 fully saturated rings. The maximum Gasteiger partial charge on any atom is 0.101 e. The molecule has 0 bridgehead atoms. The summed E-state index contributed by atoms with van der Waals surface area (Å²) in [6, 6.07) is 58.5. The number of hydrogen-bond donors (Lipinski definition) is 1. The minimum Gasteiger partial charge on any atom is -0.386 e. The molecule has 4 nitrogen and oxygen atoms in total. The fourth-order valence-corrected chi connectivity index (χ4v) is 10.2. The van der Waals surface area contributed by atoms with E-state index in [0.717, 1.165) is 51.8 Å². The average Bonchev–Trinajstić information content (AvgIpc) is 3.78. The quantitative estimate of drug-likeness (QED) is 0.183. The van der Waals surface area contributed by atoms with Crippen molar-refractivity contribution in [3.63, 3.8) is 0 Å². The van der Waals surface area contributed by atoms with Crippen molar-refractivity contribution in [1.82, 2.24) is 10.3 Å². The monoisotopic (exact) mass is 766 g/mol. The van der Waals surface area contributed by atoms with Crippen molar-refractivity contribution < 1.29 is 0 Å². The maximum absolute atomic E-state index is 9.55. The van der Waals surface area contributed by atoms with Crippen LogP contribution in [0.15, 0.2) is 176 Å². The van der Waals surface area contributed by atoms with Crippen molar-refractivity contribution in [2.45, 2.75) is 25.2 Å². The normalized spacial score (nSPS) is 13.9. The van der Waals surface area contributed by atoms with E-state index in [0.29, 0.717) is 12.1 Å². The molecule has 0 atom stereocenters. The van der Waals surface area contributed by atoms with Gasteiger partial charge >= 0.3 is 0 Å². The molecule has 2 aliphatic carbocycles. The van der Waals surface area contributed by atoms with Crippen LogP contribution in [0.1, 0.15) is 52.3 Å². The molecule has 2 heterocycles. The van der Waals surface area contributed by atoms with Crippen LogP contribution in [-0.2, 0) is 11.8 Å². The summed E-state index contributed by atoms with van der Waals surface area (Å²) in [6.45, 7) is 2.83. The first kappa shape index (κ1) is 35.4. The standard InChI is InChI=1S/C56H38N4/c1-2-8-41-9-7-12-47-49(40-21-19-39(20-22-40)44-26-36(30-58)32-60-34-44)28-53-55(54(41)47)48-24-23-42(37-15-17-38(18-16-37)43-25-35(29-57)31-59-33-43)27-52(48)56(53)50-13-5-3-10-45(50)46-11-4-6-14-51(46)56/h3-7,9-28,32-34,59H,2,8,31H2,1H3. The van der Waals surface area contributed by atoms with Crippen LogP contribution in [0.5, 0.6) is 0 Å². The molecule has 1 N–H and O–H groups in total. The van der Waals surface area contributed by atoms with Crippen molar-refractivity contribution >= 4 is 16.3 Å². The predicted molar refractivity (Wildman–Crippen MR) is 243 cm³/mol. The molecule has 282 valence electrons. The molecule has 0 amide bonds. The number of fused-ring (bicyclic) bond motifs is 12. The van der Waals surface area contributed by atoms with Crippen LogP contribution in [0.3, 0.4) is 0 Å². The lowest BCUT2D eigenvalue weighted by molar-refractivity contribution is 0.795. The van der Waals surface area contributed by atoms with Gasteiger partial charge in [-0.15, -0.1) is 0 Å². The number of rotatable bonds is 6. The van der Waals surface area contributed by atoms with Gasteiger partial charge in [0.25, 0.3) is 0 Å². The highest BCUT2D eigenvalue weighted by Gasteiger charge is 2.52. The van der Waals surface area contributed by atoms with Gasteiger partial charge in [0.05, 0.1) is 17.0 Å². The predicted octanol–water partition coefficient (Wildman–Crippen LogP) is 12.8. The molecule has 1 aliphatic heterocycles. The fourth-order valence-electron chi connectivity index (χ4n) is 10.2.